The second kappa shape index (κ2) is 8.59. The number of imidazole rings is 1. The molecule has 1 fully saturated rings. The summed E-state index contributed by atoms with van der Waals surface area (Å²) in [4.78, 5) is 21.3. The summed E-state index contributed by atoms with van der Waals surface area (Å²) in [6, 6.07) is 3.96. The Morgan fingerprint density at radius 1 is 1.42 bits per heavy atom. The molecule has 0 bridgehead atoms. The number of rotatable bonds is 7. The number of aromatic nitrogens is 2. The van der Waals surface area contributed by atoms with Gasteiger partial charge in [-0.15, -0.1) is 11.3 Å². The molecule has 142 valence electrons. The molecule has 0 aliphatic carbocycles. The van der Waals surface area contributed by atoms with Crippen molar-refractivity contribution in [3.63, 3.8) is 0 Å². The van der Waals surface area contributed by atoms with Gasteiger partial charge in [0.05, 0.1) is 12.6 Å². The van der Waals surface area contributed by atoms with Gasteiger partial charge in [0.2, 0.25) is 0 Å². The zero-order valence-electron chi connectivity index (χ0n) is 14.6. The number of thiophene rings is 1. The minimum absolute atomic E-state index is 0.0244. The summed E-state index contributed by atoms with van der Waals surface area (Å²) in [5.74, 6) is 0.159. The Bertz CT molecular complexity index is 700. The summed E-state index contributed by atoms with van der Waals surface area (Å²) < 4.78 is 26.6. The SMILES string of the molecule is CN(Cc1nccn1C(F)F)C(=O)NCC(c1cccs1)N1CCCC1. The highest BCUT2D eigenvalue weighted by atomic mass is 32.1. The largest absolute Gasteiger partial charge is 0.336 e. The maximum atomic E-state index is 12.9. The molecule has 1 aliphatic rings. The number of amides is 2. The van der Waals surface area contributed by atoms with E-state index < -0.39 is 6.55 Å². The smallest absolute Gasteiger partial charge is 0.319 e. The summed E-state index contributed by atoms with van der Waals surface area (Å²) in [7, 11) is 1.58. The fourth-order valence-corrected chi connectivity index (χ4v) is 4.05. The second-order valence-corrected chi connectivity index (χ2v) is 7.32. The van der Waals surface area contributed by atoms with Gasteiger partial charge in [-0.25, -0.2) is 9.78 Å². The molecule has 1 atom stereocenters. The van der Waals surface area contributed by atoms with Gasteiger partial charge in [-0.1, -0.05) is 6.07 Å². The van der Waals surface area contributed by atoms with Crippen LogP contribution >= 0.6 is 11.3 Å². The Kier molecular flexibility index (Phi) is 6.20. The van der Waals surface area contributed by atoms with Gasteiger partial charge in [-0.05, 0) is 37.4 Å². The fraction of sp³-hybridized carbons (Fsp3) is 0.529. The van der Waals surface area contributed by atoms with Gasteiger partial charge in [-0.2, -0.15) is 8.78 Å². The number of nitrogens with one attached hydrogen (secondary N) is 1. The molecule has 3 rings (SSSR count). The molecule has 6 nitrogen and oxygen atoms in total. The van der Waals surface area contributed by atoms with Crippen molar-refractivity contribution in [3.8, 4) is 0 Å². The van der Waals surface area contributed by atoms with E-state index in [1.165, 1.54) is 35.0 Å². The van der Waals surface area contributed by atoms with Crippen molar-refractivity contribution in [2.45, 2.75) is 32.0 Å². The van der Waals surface area contributed by atoms with Crippen LogP contribution in [0.1, 0.15) is 36.1 Å². The molecule has 9 heteroatoms. The van der Waals surface area contributed by atoms with Crippen molar-refractivity contribution in [2.24, 2.45) is 0 Å². The van der Waals surface area contributed by atoms with Crippen LogP contribution in [0.5, 0.6) is 0 Å². The van der Waals surface area contributed by atoms with Gasteiger partial charge < -0.3 is 10.2 Å². The van der Waals surface area contributed by atoms with Crippen molar-refractivity contribution < 1.29 is 13.6 Å². The molecule has 0 saturated carbocycles. The summed E-state index contributed by atoms with van der Waals surface area (Å²) in [6.45, 7) is -0.0914. The molecule has 26 heavy (non-hydrogen) atoms. The monoisotopic (exact) mass is 383 g/mol. The van der Waals surface area contributed by atoms with Crippen LogP contribution in [0.2, 0.25) is 0 Å². The van der Waals surface area contributed by atoms with E-state index in [1.54, 1.807) is 18.4 Å². The molecule has 3 heterocycles. The van der Waals surface area contributed by atoms with Crippen LogP contribution in [0.3, 0.4) is 0 Å². The Balaban J connectivity index is 1.58. The van der Waals surface area contributed by atoms with E-state index in [-0.39, 0.29) is 24.4 Å². The van der Waals surface area contributed by atoms with Crippen molar-refractivity contribution in [2.75, 3.05) is 26.7 Å². The van der Waals surface area contributed by atoms with Gasteiger partial charge in [0.25, 0.3) is 0 Å². The third kappa shape index (κ3) is 4.39. The first-order valence-corrected chi connectivity index (χ1v) is 9.50. The van der Waals surface area contributed by atoms with Crippen LogP contribution in [-0.4, -0.2) is 52.1 Å². The first-order chi connectivity index (χ1) is 12.6. The van der Waals surface area contributed by atoms with Gasteiger partial charge >= 0.3 is 12.6 Å². The molecular formula is C17H23F2N5OS. The number of alkyl halides is 2. The number of carbonyl (C=O) groups is 1. The summed E-state index contributed by atoms with van der Waals surface area (Å²) in [5.41, 5.74) is 0. The fourth-order valence-electron chi connectivity index (χ4n) is 3.19. The van der Waals surface area contributed by atoms with E-state index in [0.29, 0.717) is 6.54 Å². The van der Waals surface area contributed by atoms with E-state index in [1.807, 2.05) is 11.4 Å². The van der Waals surface area contributed by atoms with E-state index in [0.717, 1.165) is 17.7 Å². The average Bonchev–Trinajstić information content (AvgIpc) is 3.37. The van der Waals surface area contributed by atoms with E-state index in [9.17, 15) is 13.6 Å². The lowest BCUT2D eigenvalue weighted by atomic mass is 10.2. The van der Waals surface area contributed by atoms with Crippen molar-refractivity contribution in [3.05, 3.63) is 40.6 Å². The molecule has 1 aliphatic heterocycles. The van der Waals surface area contributed by atoms with Crippen molar-refractivity contribution in [1.29, 1.82) is 0 Å². The number of halogens is 2. The van der Waals surface area contributed by atoms with E-state index in [2.05, 4.69) is 21.3 Å². The molecule has 2 amide bonds. The number of nitrogens with zero attached hydrogens (tertiary/aromatic N) is 4. The first-order valence-electron chi connectivity index (χ1n) is 8.62. The Hall–Kier alpha value is -2.00. The quantitative estimate of drug-likeness (QED) is 0.798. The molecule has 0 aromatic carbocycles. The first kappa shape index (κ1) is 18.8. The Labute approximate surface area is 155 Å². The topological polar surface area (TPSA) is 53.4 Å². The van der Waals surface area contributed by atoms with Gasteiger partial charge in [0.15, 0.2) is 0 Å². The second-order valence-electron chi connectivity index (χ2n) is 6.34. The summed E-state index contributed by atoms with van der Waals surface area (Å²) in [6.07, 6.45) is 4.87. The minimum Gasteiger partial charge on any atom is -0.336 e. The Morgan fingerprint density at radius 2 is 2.19 bits per heavy atom. The van der Waals surface area contributed by atoms with Crippen LogP contribution in [0.4, 0.5) is 13.6 Å². The third-order valence-electron chi connectivity index (χ3n) is 4.58. The number of hydrogen-bond donors (Lipinski definition) is 1. The van der Waals surface area contributed by atoms with Gasteiger partial charge in [-0.3, -0.25) is 9.47 Å². The summed E-state index contributed by atoms with van der Waals surface area (Å²) >= 11 is 1.68. The third-order valence-corrected chi connectivity index (χ3v) is 5.56. The minimum atomic E-state index is -2.66. The van der Waals surface area contributed by atoms with Gasteiger partial charge in [0, 0.05) is 30.9 Å². The lowest BCUT2D eigenvalue weighted by molar-refractivity contribution is 0.0650. The standard InChI is InChI=1S/C17H23F2N5OS/c1-22(12-15-20-6-9-24(15)16(18)19)17(25)21-11-13(14-5-4-10-26-14)23-7-2-3-8-23/h4-6,9-10,13,16H,2-3,7-8,11-12H2,1H3,(H,21,25). The lowest BCUT2D eigenvalue weighted by Gasteiger charge is -2.28. The molecule has 1 unspecified atom stereocenters. The predicted molar refractivity (Wildman–Crippen MR) is 96.2 cm³/mol. The van der Waals surface area contributed by atoms with Gasteiger partial charge in [0.1, 0.15) is 5.82 Å². The maximum absolute atomic E-state index is 12.9. The molecule has 0 radical (unpaired) electrons. The number of urea groups is 1. The highest BCUT2D eigenvalue weighted by molar-refractivity contribution is 7.10. The van der Waals surface area contributed by atoms with Crippen LogP contribution in [0.25, 0.3) is 0 Å². The molecule has 2 aromatic rings. The summed E-state index contributed by atoms with van der Waals surface area (Å²) in [5, 5.41) is 4.97. The molecule has 2 aromatic heterocycles. The number of hydrogen-bond acceptors (Lipinski definition) is 4. The number of carbonyl (C=O) groups excluding carboxylic acids is 1. The number of likely N-dealkylation sites (tertiary alicyclic amines) is 1. The van der Waals surface area contributed by atoms with Crippen LogP contribution in [0.15, 0.2) is 29.9 Å². The highest BCUT2D eigenvalue weighted by Crippen LogP contribution is 2.27. The normalized spacial score (nSPS) is 16.2. The van der Waals surface area contributed by atoms with Crippen LogP contribution < -0.4 is 5.32 Å². The molecule has 0 spiro atoms. The molecular weight excluding hydrogens is 360 g/mol. The average molecular weight is 383 g/mol. The highest BCUT2D eigenvalue weighted by Gasteiger charge is 2.25. The van der Waals surface area contributed by atoms with Crippen LogP contribution in [-0.2, 0) is 6.54 Å². The maximum Gasteiger partial charge on any atom is 0.319 e. The van der Waals surface area contributed by atoms with E-state index >= 15 is 0 Å². The van der Waals surface area contributed by atoms with Crippen LogP contribution in [0, 0.1) is 0 Å². The zero-order chi connectivity index (χ0) is 18.5. The van der Waals surface area contributed by atoms with E-state index in [4.69, 9.17) is 0 Å². The molecule has 1 N–H and O–H groups in total. The predicted octanol–water partition coefficient (Wildman–Crippen LogP) is 3.32. The van der Waals surface area contributed by atoms with Crippen molar-refractivity contribution >= 4 is 17.4 Å². The Morgan fingerprint density at radius 3 is 2.85 bits per heavy atom. The molecule has 1 saturated heterocycles. The van der Waals surface area contributed by atoms with Crippen molar-refractivity contribution in [1.82, 2.24) is 24.7 Å². The lowest BCUT2D eigenvalue weighted by Crippen LogP contribution is -2.42. The zero-order valence-corrected chi connectivity index (χ0v) is 15.5.